The topological polar surface area (TPSA) is 80.4 Å². The summed E-state index contributed by atoms with van der Waals surface area (Å²) in [5, 5.41) is 3.07. The van der Waals surface area contributed by atoms with Crippen molar-refractivity contribution in [2.24, 2.45) is 0 Å². The molecule has 0 radical (unpaired) electrons. The lowest BCUT2D eigenvalue weighted by molar-refractivity contribution is 0.0697. The smallest absolute Gasteiger partial charge is 0.270 e. The number of hydrogen-bond donors (Lipinski definition) is 1. The Kier molecular flexibility index (Phi) is 4.74. The number of likely N-dealkylation sites (tertiary alicyclic amines) is 1. The number of nitrogens with zero attached hydrogens (tertiary/aromatic N) is 3. The van der Waals surface area contributed by atoms with Crippen LogP contribution < -0.4 is 5.32 Å². The number of carbonyl (C=O) groups excluding carboxylic acids is 2. The van der Waals surface area contributed by atoms with Crippen LogP contribution in [-0.4, -0.2) is 45.4 Å². The predicted molar refractivity (Wildman–Crippen MR) is 98.7 cm³/mol. The fourth-order valence-electron chi connectivity index (χ4n) is 3.31. The molecule has 4 rings (SSSR count). The minimum absolute atomic E-state index is 0.0318. The summed E-state index contributed by atoms with van der Waals surface area (Å²) in [4.78, 5) is 31.0. The number of carbonyl (C=O) groups is 2. The Morgan fingerprint density at radius 3 is 2.59 bits per heavy atom. The van der Waals surface area contributed by atoms with Gasteiger partial charge in [0.2, 0.25) is 0 Å². The molecule has 0 bridgehead atoms. The molecule has 27 heavy (non-hydrogen) atoms. The minimum atomic E-state index is -0.157. The van der Waals surface area contributed by atoms with Gasteiger partial charge in [-0.2, -0.15) is 0 Å². The second-order valence-electron chi connectivity index (χ2n) is 6.54. The van der Waals surface area contributed by atoms with Gasteiger partial charge in [-0.05, 0) is 31.0 Å². The van der Waals surface area contributed by atoms with Crippen molar-refractivity contribution in [3.8, 4) is 5.69 Å². The number of furan rings is 1. The second kappa shape index (κ2) is 7.49. The molecule has 0 atom stereocenters. The predicted octanol–water partition coefficient (Wildman–Crippen LogP) is 2.50. The molecule has 0 spiro atoms. The van der Waals surface area contributed by atoms with E-state index in [1.807, 2.05) is 30.3 Å². The normalized spacial score (nSPS) is 14.9. The second-order valence-corrected chi connectivity index (χ2v) is 6.54. The molecule has 7 heteroatoms. The van der Waals surface area contributed by atoms with Crippen LogP contribution in [0.3, 0.4) is 0 Å². The molecule has 1 fully saturated rings. The number of nitrogens with one attached hydrogen (secondary N) is 1. The van der Waals surface area contributed by atoms with Crippen LogP contribution in [0.1, 0.15) is 33.7 Å². The highest BCUT2D eigenvalue weighted by Gasteiger charge is 2.26. The number of benzene rings is 1. The van der Waals surface area contributed by atoms with E-state index in [2.05, 4.69) is 10.3 Å². The van der Waals surface area contributed by atoms with Crippen LogP contribution in [0.15, 0.2) is 65.9 Å². The van der Waals surface area contributed by atoms with Crippen molar-refractivity contribution in [1.82, 2.24) is 19.8 Å². The molecule has 2 amide bonds. The van der Waals surface area contributed by atoms with E-state index in [0.717, 1.165) is 18.5 Å². The van der Waals surface area contributed by atoms with Gasteiger partial charge in [0.05, 0.1) is 24.4 Å². The van der Waals surface area contributed by atoms with E-state index >= 15 is 0 Å². The number of amides is 2. The lowest BCUT2D eigenvalue weighted by atomic mass is 10.0. The largest absolute Gasteiger partial charge is 0.472 e. The summed E-state index contributed by atoms with van der Waals surface area (Å²) in [5.74, 6) is -0.188. The average molecular weight is 364 g/mol. The Hall–Kier alpha value is -3.35. The molecule has 138 valence electrons. The maximum atomic E-state index is 12.7. The molecule has 3 aromatic rings. The first-order chi connectivity index (χ1) is 13.2. The van der Waals surface area contributed by atoms with Gasteiger partial charge in [0.15, 0.2) is 0 Å². The summed E-state index contributed by atoms with van der Waals surface area (Å²) in [6.45, 7) is 1.21. The van der Waals surface area contributed by atoms with Gasteiger partial charge in [-0.3, -0.25) is 14.2 Å². The zero-order chi connectivity index (χ0) is 18.6. The van der Waals surface area contributed by atoms with Crippen molar-refractivity contribution in [2.75, 3.05) is 13.1 Å². The molecule has 0 unspecified atom stereocenters. The number of aromatic nitrogens is 2. The number of para-hydroxylation sites is 1. The van der Waals surface area contributed by atoms with Crippen LogP contribution in [0.25, 0.3) is 5.69 Å². The number of hydrogen-bond acceptors (Lipinski definition) is 4. The quantitative estimate of drug-likeness (QED) is 0.771. The summed E-state index contributed by atoms with van der Waals surface area (Å²) in [6, 6.07) is 11.3. The van der Waals surface area contributed by atoms with Crippen molar-refractivity contribution in [3.63, 3.8) is 0 Å². The van der Waals surface area contributed by atoms with Crippen LogP contribution in [0.2, 0.25) is 0 Å². The van der Waals surface area contributed by atoms with Gasteiger partial charge in [-0.1, -0.05) is 18.2 Å². The highest BCUT2D eigenvalue weighted by atomic mass is 16.3. The first kappa shape index (κ1) is 17.1. The van der Waals surface area contributed by atoms with E-state index in [-0.39, 0.29) is 17.9 Å². The van der Waals surface area contributed by atoms with Crippen molar-refractivity contribution < 1.29 is 14.0 Å². The molecule has 2 aromatic heterocycles. The lowest BCUT2D eigenvalue weighted by Crippen LogP contribution is -2.46. The summed E-state index contributed by atoms with van der Waals surface area (Å²) in [6.07, 6.45) is 7.59. The van der Waals surface area contributed by atoms with Crippen LogP contribution in [0.5, 0.6) is 0 Å². The molecule has 0 aliphatic carbocycles. The van der Waals surface area contributed by atoms with Gasteiger partial charge in [-0.25, -0.2) is 4.98 Å². The lowest BCUT2D eigenvalue weighted by Gasteiger charge is -2.32. The molecule has 7 nitrogen and oxygen atoms in total. The first-order valence-electron chi connectivity index (χ1n) is 8.92. The van der Waals surface area contributed by atoms with Crippen molar-refractivity contribution in [3.05, 3.63) is 72.7 Å². The summed E-state index contributed by atoms with van der Waals surface area (Å²) in [5.41, 5.74) is 1.95. The van der Waals surface area contributed by atoms with Crippen LogP contribution in [0.4, 0.5) is 0 Å². The number of imidazole rings is 1. The highest BCUT2D eigenvalue weighted by molar-refractivity contribution is 5.94. The van der Waals surface area contributed by atoms with E-state index in [0.29, 0.717) is 24.3 Å². The Bertz CT molecular complexity index is 910. The zero-order valence-corrected chi connectivity index (χ0v) is 14.7. The Morgan fingerprint density at radius 2 is 1.89 bits per heavy atom. The van der Waals surface area contributed by atoms with Crippen LogP contribution in [0, 0.1) is 0 Å². The van der Waals surface area contributed by atoms with Gasteiger partial charge in [-0.15, -0.1) is 0 Å². The standard InChI is InChI=1S/C20H20N4O3/c25-19(18-12-21-14-24(18)17-4-2-1-3-5-17)22-16-6-9-23(10-7-16)20(26)15-8-11-27-13-15/h1-5,8,11-14,16H,6-7,9-10H2,(H,22,25). The average Bonchev–Trinajstić information content (AvgIpc) is 3.41. The van der Waals surface area contributed by atoms with Crippen LogP contribution >= 0.6 is 0 Å². The van der Waals surface area contributed by atoms with E-state index < -0.39 is 0 Å². The van der Waals surface area contributed by atoms with Crippen molar-refractivity contribution in [2.45, 2.75) is 18.9 Å². The van der Waals surface area contributed by atoms with Gasteiger partial charge in [0.25, 0.3) is 11.8 Å². The Balaban J connectivity index is 1.37. The molecule has 1 aliphatic rings. The van der Waals surface area contributed by atoms with Crippen molar-refractivity contribution >= 4 is 11.8 Å². The van der Waals surface area contributed by atoms with E-state index in [9.17, 15) is 9.59 Å². The number of rotatable bonds is 4. The molecule has 0 saturated carbocycles. The fourth-order valence-corrected chi connectivity index (χ4v) is 3.31. The summed E-state index contributed by atoms with van der Waals surface area (Å²) < 4.78 is 6.75. The molecule has 3 heterocycles. The highest BCUT2D eigenvalue weighted by Crippen LogP contribution is 2.16. The fraction of sp³-hybridized carbons (Fsp3) is 0.250. The minimum Gasteiger partial charge on any atom is -0.472 e. The van der Waals surface area contributed by atoms with Gasteiger partial charge in [0, 0.05) is 24.8 Å². The van der Waals surface area contributed by atoms with Gasteiger partial charge >= 0.3 is 0 Å². The Labute approximate surface area is 156 Å². The van der Waals surface area contributed by atoms with E-state index in [1.54, 1.807) is 28.1 Å². The SMILES string of the molecule is O=C(NC1CCN(C(=O)c2ccoc2)CC1)c1cncn1-c1ccccc1. The summed E-state index contributed by atoms with van der Waals surface area (Å²) in [7, 11) is 0. The zero-order valence-electron chi connectivity index (χ0n) is 14.7. The van der Waals surface area contributed by atoms with Gasteiger partial charge < -0.3 is 14.6 Å². The third-order valence-electron chi connectivity index (χ3n) is 4.79. The molecule has 1 saturated heterocycles. The first-order valence-corrected chi connectivity index (χ1v) is 8.92. The molecule has 1 N–H and O–H groups in total. The van der Waals surface area contributed by atoms with E-state index in [4.69, 9.17) is 4.42 Å². The molecule has 1 aliphatic heterocycles. The number of piperidine rings is 1. The molecule has 1 aromatic carbocycles. The van der Waals surface area contributed by atoms with Crippen LogP contribution in [-0.2, 0) is 0 Å². The van der Waals surface area contributed by atoms with Crippen molar-refractivity contribution in [1.29, 1.82) is 0 Å². The monoisotopic (exact) mass is 364 g/mol. The van der Waals surface area contributed by atoms with E-state index in [1.165, 1.54) is 12.5 Å². The third-order valence-corrected chi connectivity index (χ3v) is 4.79. The molecular weight excluding hydrogens is 344 g/mol. The molecular formula is C20H20N4O3. The summed E-state index contributed by atoms with van der Waals surface area (Å²) >= 11 is 0. The third kappa shape index (κ3) is 3.62. The Morgan fingerprint density at radius 1 is 1.11 bits per heavy atom. The maximum Gasteiger partial charge on any atom is 0.270 e. The van der Waals surface area contributed by atoms with Gasteiger partial charge in [0.1, 0.15) is 12.0 Å². The maximum absolute atomic E-state index is 12.7.